The van der Waals surface area contributed by atoms with Crippen LogP contribution in [0.3, 0.4) is 0 Å². The van der Waals surface area contributed by atoms with Crippen LogP contribution in [0.1, 0.15) is 49.8 Å². The van der Waals surface area contributed by atoms with Crippen molar-refractivity contribution in [3.63, 3.8) is 0 Å². The zero-order valence-corrected chi connectivity index (χ0v) is 14.3. The Bertz CT molecular complexity index is 653. The maximum Gasteiger partial charge on any atom is 0.189 e. The minimum atomic E-state index is -0.607. The lowest BCUT2D eigenvalue weighted by Crippen LogP contribution is -2.42. The van der Waals surface area contributed by atoms with Crippen LogP contribution in [0.4, 0.5) is 0 Å². The van der Waals surface area contributed by atoms with Crippen LogP contribution in [-0.2, 0) is 15.9 Å². The van der Waals surface area contributed by atoms with Crippen LogP contribution in [0.15, 0.2) is 24.3 Å². The number of rotatable bonds is 1. The van der Waals surface area contributed by atoms with Gasteiger partial charge in [-0.25, -0.2) is 0 Å². The molecule has 0 saturated carbocycles. The van der Waals surface area contributed by atoms with Crippen molar-refractivity contribution in [2.45, 2.75) is 64.4 Å². The summed E-state index contributed by atoms with van der Waals surface area (Å²) in [4.78, 5) is 0. The molecule has 3 nitrogen and oxygen atoms in total. The molecule has 3 aliphatic rings. The Balaban J connectivity index is 1.87. The average Bonchev–Trinajstić information content (AvgIpc) is 2.81. The molecule has 1 aromatic carbocycles. The molecule has 0 radical (unpaired) electrons. The molecule has 3 heteroatoms. The van der Waals surface area contributed by atoms with Crippen molar-refractivity contribution in [2.24, 2.45) is 5.41 Å². The Morgan fingerprint density at radius 3 is 2.57 bits per heavy atom. The average molecular weight is 314 g/mol. The van der Waals surface area contributed by atoms with Gasteiger partial charge < -0.3 is 14.6 Å². The smallest absolute Gasteiger partial charge is 0.189 e. The van der Waals surface area contributed by atoms with Crippen LogP contribution in [0.2, 0.25) is 0 Å². The Hall–Kier alpha value is -1.16. The van der Waals surface area contributed by atoms with Crippen molar-refractivity contribution >= 4 is 5.57 Å². The van der Waals surface area contributed by atoms with Crippen LogP contribution in [0, 0.1) is 12.3 Å². The number of benzene rings is 1. The molecule has 1 spiro atoms. The standard InChI is InChI=1S/C20H26O3/c1-13-5-4-6-16-7-8-19(12-21)9-10-20(11-17(19)18(13)16)22-14(2)15(3)23-20/h4-6,11,14-15,21H,7-10,12H2,1-3H3. The number of fused-ring (bicyclic) bond motifs is 3. The van der Waals surface area contributed by atoms with E-state index in [1.54, 1.807) is 0 Å². The zero-order valence-electron chi connectivity index (χ0n) is 14.3. The number of hydrogen-bond acceptors (Lipinski definition) is 3. The van der Waals surface area contributed by atoms with E-state index in [4.69, 9.17) is 9.47 Å². The van der Waals surface area contributed by atoms with Gasteiger partial charge in [0.25, 0.3) is 0 Å². The Morgan fingerprint density at radius 1 is 1.13 bits per heavy atom. The molecule has 2 aliphatic carbocycles. The van der Waals surface area contributed by atoms with E-state index >= 15 is 0 Å². The van der Waals surface area contributed by atoms with E-state index in [0.717, 1.165) is 25.7 Å². The summed E-state index contributed by atoms with van der Waals surface area (Å²) in [6.45, 7) is 6.52. The molecule has 124 valence electrons. The van der Waals surface area contributed by atoms with Crippen LogP contribution in [-0.4, -0.2) is 29.7 Å². The summed E-state index contributed by atoms with van der Waals surface area (Å²) >= 11 is 0. The molecule has 1 fully saturated rings. The fourth-order valence-electron chi connectivity index (χ4n) is 4.56. The van der Waals surface area contributed by atoms with Crippen molar-refractivity contribution in [3.8, 4) is 0 Å². The maximum absolute atomic E-state index is 10.2. The van der Waals surface area contributed by atoms with Crippen LogP contribution >= 0.6 is 0 Å². The normalized spacial score (nSPS) is 39.0. The van der Waals surface area contributed by atoms with Gasteiger partial charge in [-0.3, -0.25) is 0 Å². The maximum atomic E-state index is 10.2. The fourth-order valence-corrected chi connectivity index (χ4v) is 4.56. The molecule has 1 aromatic rings. The van der Waals surface area contributed by atoms with Crippen molar-refractivity contribution in [3.05, 3.63) is 41.0 Å². The van der Waals surface area contributed by atoms with Gasteiger partial charge in [0.2, 0.25) is 0 Å². The molecule has 4 rings (SSSR count). The molecular weight excluding hydrogens is 288 g/mol. The molecule has 3 atom stereocenters. The van der Waals surface area contributed by atoms with E-state index in [2.05, 4.69) is 45.0 Å². The zero-order chi connectivity index (χ0) is 16.2. The Labute approximate surface area is 138 Å². The predicted octanol–water partition coefficient (Wildman–Crippen LogP) is 3.62. The second kappa shape index (κ2) is 5.17. The topological polar surface area (TPSA) is 38.7 Å². The summed E-state index contributed by atoms with van der Waals surface area (Å²) in [7, 11) is 0. The fraction of sp³-hybridized carbons (Fsp3) is 0.600. The molecular formula is C20H26O3. The number of hydrogen-bond donors (Lipinski definition) is 1. The van der Waals surface area contributed by atoms with E-state index < -0.39 is 5.79 Å². The highest BCUT2D eigenvalue weighted by molar-refractivity contribution is 5.78. The third kappa shape index (κ3) is 2.21. The van der Waals surface area contributed by atoms with Gasteiger partial charge in [0.1, 0.15) is 0 Å². The highest BCUT2D eigenvalue weighted by Gasteiger charge is 2.51. The highest BCUT2D eigenvalue weighted by atomic mass is 16.8. The second-order valence-corrected chi connectivity index (χ2v) is 7.56. The number of ether oxygens (including phenoxy) is 2. The van der Waals surface area contributed by atoms with E-state index in [1.807, 2.05) is 0 Å². The summed E-state index contributed by atoms with van der Waals surface area (Å²) in [5, 5.41) is 10.2. The lowest BCUT2D eigenvalue weighted by molar-refractivity contribution is -0.148. The van der Waals surface area contributed by atoms with Crippen molar-refractivity contribution in [1.29, 1.82) is 0 Å². The van der Waals surface area contributed by atoms with Gasteiger partial charge in [0.05, 0.1) is 18.8 Å². The largest absolute Gasteiger partial charge is 0.395 e. The summed E-state index contributed by atoms with van der Waals surface area (Å²) in [5.41, 5.74) is 5.09. The first-order valence-electron chi connectivity index (χ1n) is 8.77. The molecule has 1 saturated heterocycles. The highest BCUT2D eigenvalue weighted by Crippen LogP contribution is 2.55. The number of aliphatic hydroxyl groups is 1. The van der Waals surface area contributed by atoms with Gasteiger partial charge in [-0.2, -0.15) is 0 Å². The van der Waals surface area contributed by atoms with E-state index in [9.17, 15) is 5.11 Å². The van der Waals surface area contributed by atoms with E-state index in [1.165, 1.54) is 22.3 Å². The van der Waals surface area contributed by atoms with Gasteiger partial charge in [-0.05, 0) is 68.4 Å². The van der Waals surface area contributed by atoms with Crippen LogP contribution < -0.4 is 0 Å². The third-order valence-electron chi connectivity index (χ3n) is 6.12. The summed E-state index contributed by atoms with van der Waals surface area (Å²) in [6, 6.07) is 6.51. The first-order chi connectivity index (χ1) is 11.0. The molecule has 23 heavy (non-hydrogen) atoms. The lowest BCUT2D eigenvalue weighted by atomic mass is 9.62. The van der Waals surface area contributed by atoms with Gasteiger partial charge in [0, 0.05) is 11.8 Å². The quantitative estimate of drug-likeness (QED) is 0.860. The van der Waals surface area contributed by atoms with Crippen molar-refractivity contribution in [1.82, 2.24) is 0 Å². The number of aryl methyl sites for hydroxylation is 2. The molecule has 3 unspecified atom stereocenters. The molecule has 0 aromatic heterocycles. The first kappa shape index (κ1) is 15.4. The van der Waals surface area contributed by atoms with E-state index in [-0.39, 0.29) is 24.2 Å². The first-order valence-corrected chi connectivity index (χ1v) is 8.77. The molecule has 0 bridgehead atoms. The molecule has 0 amide bonds. The third-order valence-corrected chi connectivity index (χ3v) is 6.12. The SMILES string of the molecule is Cc1cccc2c1C1=CC3(CCC1(CO)CC2)OC(C)C(C)O3. The van der Waals surface area contributed by atoms with Crippen molar-refractivity contribution in [2.75, 3.05) is 6.61 Å². The summed E-state index contributed by atoms with van der Waals surface area (Å²) in [6.07, 6.45) is 6.19. The summed E-state index contributed by atoms with van der Waals surface area (Å²) < 4.78 is 12.4. The van der Waals surface area contributed by atoms with Crippen molar-refractivity contribution < 1.29 is 14.6 Å². The predicted molar refractivity (Wildman–Crippen MR) is 90.1 cm³/mol. The Kier molecular flexibility index (Phi) is 3.45. The number of aliphatic hydroxyl groups excluding tert-OH is 1. The minimum absolute atomic E-state index is 0.105. The Morgan fingerprint density at radius 2 is 1.87 bits per heavy atom. The molecule has 1 heterocycles. The van der Waals surface area contributed by atoms with Gasteiger partial charge in [-0.15, -0.1) is 0 Å². The van der Waals surface area contributed by atoms with Crippen LogP contribution in [0.5, 0.6) is 0 Å². The minimum Gasteiger partial charge on any atom is -0.395 e. The summed E-state index contributed by atoms with van der Waals surface area (Å²) in [5.74, 6) is -0.607. The monoisotopic (exact) mass is 314 g/mol. The second-order valence-electron chi connectivity index (χ2n) is 7.56. The lowest BCUT2D eigenvalue weighted by Gasteiger charge is -2.46. The van der Waals surface area contributed by atoms with Gasteiger partial charge in [0.15, 0.2) is 5.79 Å². The van der Waals surface area contributed by atoms with E-state index in [0.29, 0.717) is 0 Å². The van der Waals surface area contributed by atoms with Gasteiger partial charge in [-0.1, -0.05) is 18.2 Å². The molecule has 1 aliphatic heterocycles. The molecule has 1 N–H and O–H groups in total. The van der Waals surface area contributed by atoms with Gasteiger partial charge >= 0.3 is 0 Å². The van der Waals surface area contributed by atoms with Crippen LogP contribution in [0.25, 0.3) is 5.57 Å².